The second-order valence-corrected chi connectivity index (χ2v) is 8.21. The van der Waals surface area contributed by atoms with E-state index in [1.807, 2.05) is 23.9 Å². The molecule has 0 amide bonds. The van der Waals surface area contributed by atoms with E-state index in [2.05, 4.69) is 38.1 Å². The second kappa shape index (κ2) is 8.34. The average Bonchev–Trinajstić information content (AvgIpc) is 3.01. The zero-order valence-electron chi connectivity index (χ0n) is 16.8. The zero-order chi connectivity index (χ0) is 19.6. The minimum Gasteiger partial charge on any atom is -0.493 e. The largest absolute Gasteiger partial charge is 0.493 e. The molecule has 27 heavy (non-hydrogen) atoms. The van der Waals surface area contributed by atoms with E-state index in [4.69, 9.17) is 18.9 Å². The van der Waals surface area contributed by atoms with Gasteiger partial charge in [0, 0.05) is 10.5 Å². The normalized spacial score (nSPS) is 24.5. The van der Waals surface area contributed by atoms with Crippen molar-refractivity contribution in [3.8, 4) is 23.0 Å². The minimum absolute atomic E-state index is 0.401. The van der Waals surface area contributed by atoms with Crippen molar-refractivity contribution in [1.29, 1.82) is 0 Å². The molecule has 1 fully saturated rings. The predicted molar refractivity (Wildman–Crippen MR) is 110 cm³/mol. The van der Waals surface area contributed by atoms with E-state index in [1.54, 1.807) is 28.4 Å². The summed E-state index contributed by atoms with van der Waals surface area (Å²) in [5.41, 5.74) is 2.56. The van der Waals surface area contributed by atoms with E-state index in [9.17, 15) is 0 Å². The fraction of sp³-hybridized carbons (Fsp3) is 0.455. The van der Waals surface area contributed by atoms with Crippen LogP contribution in [0.5, 0.6) is 23.0 Å². The van der Waals surface area contributed by atoms with E-state index >= 15 is 0 Å². The Morgan fingerprint density at radius 1 is 0.593 bits per heavy atom. The Balaban J connectivity index is 1.90. The Bertz CT molecular complexity index is 726. The van der Waals surface area contributed by atoms with Gasteiger partial charge in [0.15, 0.2) is 23.0 Å². The highest BCUT2D eigenvalue weighted by Crippen LogP contribution is 2.59. The lowest BCUT2D eigenvalue weighted by Crippen LogP contribution is -2.10. The fourth-order valence-corrected chi connectivity index (χ4v) is 5.70. The van der Waals surface area contributed by atoms with Crippen molar-refractivity contribution in [3.05, 3.63) is 47.5 Å². The van der Waals surface area contributed by atoms with E-state index in [1.165, 1.54) is 11.1 Å². The first-order valence-electron chi connectivity index (χ1n) is 9.13. The van der Waals surface area contributed by atoms with Crippen LogP contribution >= 0.6 is 11.8 Å². The van der Waals surface area contributed by atoms with Gasteiger partial charge >= 0.3 is 0 Å². The number of hydrogen-bond donors (Lipinski definition) is 0. The lowest BCUT2D eigenvalue weighted by atomic mass is 9.85. The maximum absolute atomic E-state index is 5.50. The second-order valence-electron chi connectivity index (χ2n) is 6.92. The summed E-state index contributed by atoms with van der Waals surface area (Å²) in [6.45, 7) is 4.67. The molecule has 0 aromatic heterocycles. The van der Waals surface area contributed by atoms with Crippen LogP contribution in [-0.4, -0.2) is 28.4 Å². The third-order valence-electron chi connectivity index (χ3n) is 5.55. The molecule has 1 aliphatic rings. The summed E-state index contributed by atoms with van der Waals surface area (Å²) < 4.78 is 21.8. The van der Waals surface area contributed by atoms with Gasteiger partial charge in [-0.2, -0.15) is 0 Å². The number of methoxy groups -OCH3 is 4. The van der Waals surface area contributed by atoms with E-state index < -0.39 is 0 Å². The maximum Gasteiger partial charge on any atom is 0.161 e. The van der Waals surface area contributed by atoms with Crippen LogP contribution in [0.2, 0.25) is 0 Å². The van der Waals surface area contributed by atoms with Crippen molar-refractivity contribution in [2.75, 3.05) is 28.4 Å². The van der Waals surface area contributed by atoms with Crippen LogP contribution in [0.1, 0.15) is 35.5 Å². The summed E-state index contributed by atoms with van der Waals surface area (Å²) in [5, 5.41) is 0.802. The molecular weight excluding hydrogens is 360 g/mol. The predicted octanol–water partition coefficient (Wildman–Crippen LogP) is 5.52. The molecule has 0 N–H and O–H groups in total. The molecule has 0 aliphatic carbocycles. The fourth-order valence-electron chi connectivity index (χ4n) is 3.78. The summed E-state index contributed by atoms with van der Waals surface area (Å²) in [7, 11) is 6.70. The topological polar surface area (TPSA) is 36.9 Å². The Hall–Kier alpha value is -2.01. The molecule has 0 unspecified atom stereocenters. The third-order valence-corrected chi connectivity index (χ3v) is 7.54. The molecule has 1 aliphatic heterocycles. The highest BCUT2D eigenvalue weighted by molar-refractivity contribution is 8.00. The Morgan fingerprint density at radius 3 is 1.30 bits per heavy atom. The van der Waals surface area contributed by atoms with Crippen LogP contribution in [0.3, 0.4) is 0 Å². The van der Waals surface area contributed by atoms with Crippen molar-refractivity contribution in [2.45, 2.75) is 24.3 Å². The van der Waals surface area contributed by atoms with Crippen molar-refractivity contribution in [2.24, 2.45) is 11.8 Å². The van der Waals surface area contributed by atoms with Crippen molar-refractivity contribution in [1.82, 2.24) is 0 Å². The maximum atomic E-state index is 5.50. The molecule has 4 atom stereocenters. The molecule has 0 spiro atoms. The minimum atomic E-state index is 0.401. The first kappa shape index (κ1) is 19.7. The van der Waals surface area contributed by atoms with Gasteiger partial charge in [0.1, 0.15) is 0 Å². The highest BCUT2D eigenvalue weighted by atomic mass is 32.2. The first-order chi connectivity index (χ1) is 13.0. The van der Waals surface area contributed by atoms with Crippen LogP contribution < -0.4 is 18.9 Å². The number of thioether (sulfide) groups is 1. The summed E-state index contributed by atoms with van der Waals surface area (Å²) in [5.74, 6) is 4.16. The number of ether oxygens (including phenoxy) is 4. The van der Waals surface area contributed by atoms with Crippen LogP contribution in [0.15, 0.2) is 36.4 Å². The van der Waals surface area contributed by atoms with Gasteiger partial charge in [-0.05, 0) is 47.2 Å². The number of rotatable bonds is 6. The monoisotopic (exact) mass is 388 g/mol. The van der Waals surface area contributed by atoms with E-state index in [0.29, 0.717) is 22.3 Å². The van der Waals surface area contributed by atoms with Crippen LogP contribution in [0, 0.1) is 11.8 Å². The smallest absolute Gasteiger partial charge is 0.161 e. The first-order valence-corrected chi connectivity index (χ1v) is 10.1. The van der Waals surface area contributed by atoms with Gasteiger partial charge in [0.2, 0.25) is 0 Å². The van der Waals surface area contributed by atoms with Gasteiger partial charge in [-0.1, -0.05) is 26.0 Å². The highest BCUT2D eigenvalue weighted by Gasteiger charge is 2.40. The van der Waals surface area contributed by atoms with Crippen LogP contribution in [0.25, 0.3) is 0 Å². The average molecular weight is 389 g/mol. The molecule has 4 nitrogen and oxygen atoms in total. The standard InChI is InChI=1S/C22H28O4S/c1-13-14(2)22(16-8-10-18(24-4)20(12-16)26-6)27-21(13)15-7-9-17(23-3)19(11-15)25-5/h7-14,21-22H,1-6H3/t13-,14-,21-,22+/m0/s1. The summed E-state index contributed by atoms with van der Waals surface area (Å²) in [4.78, 5) is 0. The summed E-state index contributed by atoms with van der Waals surface area (Å²) in [6.07, 6.45) is 0. The lowest BCUT2D eigenvalue weighted by molar-refractivity contribution is 0.352. The Kier molecular flexibility index (Phi) is 6.10. The molecule has 146 valence electrons. The van der Waals surface area contributed by atoms with Gasteiger partial charge in [-0.3, -0.25) is 0 Å². The molecule has 3 rings (SSSR count). The molecule has 2 aromatic carbocycles. The third kappa shape index (κ3) is 3.70. The van der Waals surface area contributed by atoms with Gasteiger partial charge in [-0.25, -0.2) is 0 Å². The number of benzene rings is 2. The van der Waals surface area contributed by atoms with Gasteiger partial charge in [-0.15, -0.1) is 11.8 Å². The number of hydrogen-bond acceptors (Lipinski definition) is 5. The summed E-state index contributed by atoms with van der Waals surface area (Å²) in [6, 6.07) is 12.5. The van der Waals surface area contributed by atoms with Gasteiger partial charge in [0.25, 0.3) is 0 Å². The SMILES string of the molecule is COc1ccc([C@H]2S[C@@H](c3ccc(OC)c(OC)c3)[C@@H](C)[C@@H]2C)cc1OC. The zero-order valence-corrected chi connectivity index (χ0v) is 17.6. The van der Waals surface area contributed by atoms with Gasteiger partial charge in [0.05, 0.1) is 28.4 Å². The Morgan fingerprint density at radius 2 is 0.963 bits per heavy atom. The van der Waals surface area contributed by atoms with Crippen molar-refractivity contribution < 1.29 is 18.9 Å². The molecule has 0 bridgehead atoms. The lowest BCUT2D eigenvalue weighted by Gasteiger charge is -2.19. The molecule has 0 radical (unpaired) electrons. The van der Waals surface area contributed by atoms with Crippen molar-refractivity contribution in [3.63, 3.8) is 0 Å². The quantitative estimate of drug-likeness (QED) is 0.651. The molecule has 5 heteroatoms. The molecule has 1 saturated heterocycles. The van der Waals surface area contributed by atoms with Crippen LogP contribution in [-0.2, 0) is 0 Å². The molecule has 0 saturated carbocycles. The molecular formula is C22H28O4S. The van der Waals surface area contributed by atoms with Crippen LogP contribution in [0.4, 0.5) is 0 Å². The van der Waals surface area contributed by atoms with Crippen molar-refractivity contribution >= 4 is 11.8 Å². The molecule has 2 aromatic rings. The van der Waals surface area contributed by atoms with Gasteiger partial charge < -0.3 is 18.9 Å². The van der Waals surface area contributed by atoms with E-state index in [0.717, 1.165) is 23.0 Å². The van der Waals surface area contributed by atoms with E-state index in [-0.39, 0.29) is 0 Å². The molecule has 1 heterocycles. The summed E-state index contributed by atoms with van der Waals surface area (Å²) >= 11 is 2.01. The Labute approximate surface area is 166 Å².